The van der Waals surface area contributed by atoms with Crippen LogP contribution in [-0.2, 0) is 11.3 Å². The average Bonchev–Trinajstić information content (AvgIpc) is 2.72. The molecule has 0 amide bonds. The third-order valence-electron chi connectivity index (χ3n) is 3.96. The van der Waals surface area contributed by atoms with Gasteiger partial charge in [-0.25, -0.2) is 9.18 Å². The summed E-state index contributed by atoms with van der Waals surface area (Å²) < 4.78 is 24.4. The van der Waals surface area contributed by atoms with Crippen LogP contribution in [0.3, 0.4) is 0 Å². The second kappa shape index (κ2) is 9.15. The first kappa shape index (κ1) is 19.6. The second-order valence-electron chi connectivity index (χ2n) is 5.86. The molecule has 6 heteroatoms. The van der Waals surface area contributed by atoms with Crippen molar-refractivity contribution in [3.63, 3.8) is 0 Å². The van der Waals surface area contributed by atoms with E-state index in [4.69, 9.17) is 21.1 Å². The molecule has 0 aliphatic carbocycles. The second-order valence-corrected chi connectivity index (χ2v) is 6.26. The Labute approximate surface area is 166 Å². The van der Waals surface area contributed by atoms with E-state index in [-0.39, 0.29) is 17.7 Å². The Morgan fingerprint density at radius 2 is 1.50 bits per heavy atom. The molecule has 0 radical (unpaired) electrons. The first-order chi connectivity index (χ1) is 13.6. The first-order valence-corrected chi connectivity index (χ1v) is 8.84. The molecule has 4 nitrogen and oxygen atoms in total. The Morgan fingerprint density at radius 1 is 0.857 bits per heavy atom. The van der Waals surface area contributed by atoms with Crippen LogP contribution in [0.5, 0.6) is 5.75 Å². The summed E-state index contributed by atoms with van der Waals surface area (Å²) in [5.41, 5.74) is 0.802. The van der Waals surface area contributed by atoms with E-state index in [1.54, 1.807) is 24.3 Å². The monoisotopic (exact) mass is 398 g/mol. The van der Waals surface area contributed by atoms with Crippen molar-refractivity contribution < 1.29 is 23.5 Å². The third-order valence-corrected chi connectivity index (χ3v) is 4.33. The predicted octanol–water partition coefficient (Wildman–Crippen LogP) is 5.10. The molecule has 0 spiro atoms. The first-order valence-electron chi connectivity index (χ1n) is 8.46. The fourth-order valence-corrected chi connectivity index (χ4v) is 2.70. The molecule has 0 bridgehead atoms. The van der Waals surface area contributed by atoms with E-state index in [2.05, 4.69) is 0 Å². The van der Waals surface area contributed by atoms with Crippen molar-refractivity contribution in [2.45, 2.75) is 6.61 Å². The Kier molecular flexibility index (Phi) is 6.40. The molecule has 0 unspecified atom stereocenters. The zero-order valence-electron chi connectivity index (χ0n) is 14.7. The number of ether oxygens (including phenoxy) is 2. The maximum atomic E-state index is 13.7. The number of carbonyl (C=O) groups excluding carboxylic acids is 2. The van der Waals surface area contributed by atoms with Crippen molar-refractivity contribution in [2.75, 3.05) is 6.61 Å². The van der Waals surface area contributed by atoms with Crippen molar-refractivity contribution in [1.82, 2.24) is 0 Å². The number of para-hydroxylation sites is 1. The van der Waals surface area contributed by atoms with Crippen LogP contribution in [0.4, 0.5) is 4.39 Å². The third kappa shape index (κ3) is 4.75. The molecule has 0 aromatic heterocycles. The summed E-state index contributed by atoms with van der Waals surface area (Å²) >= 11 is 6.11. The number of hydrogen-bond donors (Lipinski definition) is 0. The molecule has 0 aliphatic rings. The summed E-state index contributed by atoms with van der Waals surface area (Å²) in [5, 5.41) is 0.554. The van der Waals surface area contributed by atoms with Gasteiger partial charge in [0.05, 0.1) is 5.56 Å². The van der Waals surface area contributed by atoms with Gasteiger partial charge in [-0.1, -0.05) is 54.1 Å². The van der Waals surface area contributed by atoms with Crippen LogP contribution >= 0.6 is 11.6 Å². The number of carbonyl (C=O) groups is 2. The lowest BCUT2D eigenvalue weighted by atomic mass is 10.1. The maximum absolute atomic E-state index is 13.7. The average molecular weight is 399 g/mol. The molecule has 0 heterocycles. The van der Waals surface area contributed by atoms with E-state index in [9.17, 15) is 14.0 Å². The molecule has 3 rings (SSSR count). The summed E-state index contributed by atoms with van der Waals surface area (Å²) in [6, 6.07) is 19.2. The lowest BCUT2D eigenvalue weighted by Gasteiger charge is -2.12. The highest BCUT2D eigenvalue weighted by atomic mass is 35.5. The van der Waals surface area contributed by atoms with Gasteiger partial charge in [0.25, 0.3) is 0 Å². The smallest absolute Gasteiger partial charge is 0.342 e. The van der Waals surface area contributed by atoms with Gasteiger partial charge in [-0.15, -0.1) is 0 Å². The lowest BCUT2D eigenvalue weighted by Crippen LogP contribution is -2.16. The van der Waals surface area contributed by atoms with Gasteiger partial charge in [0.2, 0.25) is 5.78 Å². The molecular weight excluding hydrogens is 383 g/mol. The van der Waals surface area contributed by atoms with Gasteiger partial charge in [-0.2, -0.15) is 0 Å². The summed E-state index contributed by atoms with van der Waals surface area (Å²) in [6.07, 6.45) is 0. The fourth-order valence-electron chi connectivity index (χ4n) is 2.51. The lowest BCUT2D eigenvalue weighted by molar-refractivity contribution is 0.0469. The van der Waals surface area contributed by atoms with Crippen LogP contribution in [0, 0.1) is 5.82 Å². The summed E-state index contributed by atoms with van der Waals surface area (Å²) in [5.74, 6) is -1.72. The largest absolute Gasteiger partial charge is 0.488 e. The number of esters is 1. The highest BCUT2D eigenvalue weighted by molar-refractivity contribution is 6.31. The number of halogens is 2. The van der Waals surface area contributed by atoms with Crippen LogP contribution in [0.2, 0.25) is 5.02 Å². The fraction of sp³-hybridized carbons (Fsp3) is 0.0909. The van der Waals surface area contributed by atoms with E-state index in [1.807, 2.05) is 18.2 Å². The minimum absolute atomic E-state index is 0.126. The summed E-state index contributed by atoms with van der Waals surface area (Å²) in [6.45, 7) is -0.406. The molecule has 0 atom stereocenters. The van der Waals surface area contributed by atoms with Gasteiger partial charge in [-0.05, 0) is 30.3 Å². The number of ketones is 1. The van der Waals surface area contributed by atoms with Crippen LogP contribution in [0.15, 0.2) is 72.8 Å². The zero-order valence-corrected chi connectivity index (χ0v) is 15.5. The highest BCUT2D eigenvalue weighted by Crippen LogP contribution is 2.23. The Bertz CT molecular complexity index is 1000. The molecule has 0 fully saturated rings. The maximum Gasteiger partial charge on any atom is 0.342 e. The van der Waals surface area contributed by atoms with E-state index in [0.717, 1.165) is 5.56 Å². The van der Waals surface area contributed by atoms with E-state index in [0.29, 0.717) is 10.8 Å². The minimum atomic E-state index is -0.737. The zero-order chi connectivity index (χ0) is 19.9. The topological polar surface area (TPSA) is 52.6 Å². The Balaban J connectivity index is 1.66. The van der Waals surface area contributed by atoms with E-state index in [1.165, 1.54) is 30.3 Å². The normalized spacial score (nSPS) is 10.4. The minimum Gasteiger partial charge on any atom is -0.488 e. The predicted molar refractivity (Wildman–Crippen MR) is 103 cm³/mol. The van der Waals surface area contributed by atoms with Crippen LogP contribution in [0.25, 0.3) is 0 Å². The van der Waals surface area contributed by atoms with E-state index < -0.39 is 24.2 Å². The SMILES string of the molecule is O=C(COC(=O)c1ccccc1OCc1ccccc1Cl)c1ccccc1F. The van der Waals surface area contributed by atoms with Crippen molar-refractivity contribution in [1.29, 1.82) is 0 Å². The number of Topliss-reactive ketones (excluding diaryl/α,β-unsaturated/α-hetero) is 1. The Hall–Kier alpha value is -3.18. The molecule has 0 aliphatic heterocycles. The van der Waals surface area contributed by atoms with Crippen molar-refractivity contribution in [3.05, 3.63) is 100 Å². The van der Waals surface area contributed by atoms with Crippen LogP contribution in [0.1, 0.15) is 26.3 Å². The molecule has 0 saturated carbocycles. The Morgan fingerprint density at radius 3 is 2.25 bits per heavy atom. The van der Waals surface area contributed by atoms with Crippen LogP contribution < -0.4 is 4.74 Å². The molecule has 28 heavy (non-hydrogen) atoms. The van der Waals surface area contributed by atoms with Crippen molar-refractivity contribution in [3.8, 4) is 5.75 Å². The quantitative estimate of drug-likeness (QED) is 0.410. The number of benzene rings is 3. The van der Waals surface area contributed by atoms with Crippen molar-refractivity contribution in [2.24, 2.45) is 0 Å². The number of hydrogen-bond acceptors (Lipinski definition) is 4. The van der Waals surface area contributed by atoms with Gasteiger partial charge < -0.3 is 9.47 Å². The van der Waals surface area contributed by atoms with Crippen LogP contribution in [-0.4, -0.2) is 18.4 Å². The molecular formula is C22H16ClFO4. The molecule has 0 N–H and O–H groups in total. The van der Waals surface area contributed by atoms with Gasteiger partial charge in [0.15, 0.2) is 6.61 Å². The highest BCUT2D eigenvalue weighted by Gasteiger charge is 2.17. The van der Waals surface area contributed by atoms with Gasteiger partial charge in [-0.3, -0.25) is 4.79 Å². The van der Waals surface area contributed by atoms with Gasteiger partial charge in [0, 0.05) is 10.6 Å². The van der Waals surface area contributed by atoms with Gasteiger partial charge in [0.1, 0.15) is 23.7 Å². The summed E-state index contributed by atoms with van der Waals surface area (Å²) in [7, 11) is 0. The summed E-state index contributed by atoms with van der Waals surface area (Å²) in [4.78, 5) is 24.5. The molecule has 3 aromatic carbocycles. The molecule has 3 aromatic rings. The standard InChI is InChI=1S/C22H16ClFO4/c23-18-10-4-1-7-15(18)13-27-21-12-6-3-9-17(21)22(26)28-14-20(25)16-8-2-5-11-19(16)24/h1-12H,13-14H2. The molecule has 0 saturated heterocycles. The van der Waals surface area contributed by atoms with E-state index >= 15 is 0 Å². The molecule has 142 valence electrons. The number of rotatable bonds is 7. The van der Waals surface area contributed by atoms with Gasteiger partial charge >= 0.3 is 5.97 Å². The van der Waals surface area contributed by atoms with Crippen molar-refractivity contribution >= 4 is 23.4 Å².